The molecule has 0 aromatic heterocycles. The molecule has 0 bridgehead atoms. The van der Waals surface area contributed by atoms with Crippen molar-refractivity contribution in [2.75, 3.05) is 7.05 Å². The smallest absolute Gasteiger partial charge is 0.0102 e. The van der Waals surface area contributed by atoms with Gasteiger partial charge in [0.1, 0.15) is 0 Å². The Balaban J connectivity index is 4.21. The molecule has 0 aromatic carbocycles. The number of hydrogen-bond acceptors (Lipinski definition) is 1. The number of allylic oxidation sites excluding steroid dienone is 4. The van der Waals surface area contributed by atoms with Crippen molar-refractivity contribution in [3.05, 3.63) is 23.4 Å². The van der Waals surface area contributed by atoms with Crippen molar-refractivity contribution >= 4 is 0 Å². The monoisotopic (exact) mass is 149 g/mol. The maximum absolute atomic E-state index is 5.17. The molecule has 0 spiro atoms. The average molecular weight is 149 g/mol. The van der Waals surface area contributed by atoms with Crippen molar-refractivity contribution in [1.29, 1.82) is 0 Å². The SMILES string of the molecule is C#C/C(C)=C/C=C(\CC)NC. The number of nitrogens with one attached hydrogen (secondary N) is 1. The molecular weight excluding hydrogens is 134 g/mol. The molecule has 0 aliphatic heterocycles. The van der Waals surface area contributed by atoms with Gasteiger partial charge in [-0.1, -0.05) is 12.8 Å². The van der Waals surface area contributed by atoms with E-state index in [1.165, 1.54) is 5.70 Å². The molecule has 0 fully saturated rings. The molecule has 0 saturated carbocycles. The van der Waals surface area contributed by atoms with Crippen molar-refractivity contribution in [2.24, 2.45) is 0 Å². The van der Waals surface area contributed by atoms with E-state index in [4.69, 9.17) is 6.42 Å². The Hall–Kier alpha value is -1.16. The summed E-state index contributed by atoms with van der Waals surface area (Å²) < 4.78 is 0. The van der Waals surface area contributed by atoms with Gasteiger partial charge in [0.05, 0.1) is 0 Å². The Morgan fingerprint density at radius 2 is 2.18 bits per heavy atom. The average Bonchev–Trinajstić information content (AvgIpc) is 2.06. The first kappa shape index (κ1) is 9.84. The van der Waals surface area contributed by atoms with Crippen LogP contribution in [0.15, 0.2) is 23.4 Å². The second-order valence-electron chi connectivity index (χ2n) is 2.29. The van der Waals surface area contributed by atoms with Crippen LogP contribution >= 0.6 is 0 Å². The van der Waals surface area contributed by atoms with Crippen molar-refractivity contribution in [3.63, 3.8) is 0 Å². The van der Waals surface area contributed by atoms with Gasteiger partial charge in [-0.05, 0) is 31.1 Å². The van der Waals surface area contributed by atoms with Crippen LogP contribution in [0.25, 0.3) is 0 Å². The zero-order valence-electron chi connectivity index (χ0n) is 7.44. The molecule has 0 amide bonds. The van der Waals surface area contributed by atoms with E-state index in [1.54, 1.807) is 0 Å². The molecule has 11 heavy (non-hydrogen) atoms. The van der Waals surface area contributed by atoms with E-state index in [0.29, 0.717) is 0 Å². The molecule has 0 unspecified atom stereocenters. The Bertz CT molecular complexity index is 197. The summed E-state index contributed by atoms with van der Waals surface area (Å²) in [6.45, 7) is 4.01. The molecule has 0 saturated heterocycles. The standard InChI is InChI=1S/C10H15N/c1-5-9(3)7-8-10(6-2)11-4/h1,7-8,11H,6H2,2-4H3/b9-7+,10-8+. The summed E-state index contributed by atoms with van der Waals surface area (Å²) in [7, 11) is 1.91. The molecule has 0 radical (unpaired) electrons. The maximum atomic E-state index is 5.17. The first-order valence-corrected chi connectivity index (χ1v) is 3.76. The van der Waals surface area contributed by atoms with Crippen LogP contribution in [0.4, 0.5) is 0 Å². The molecular formula is C10H15N. The highest BCUT2D eigenvalue weighted by atomic mass is 14.8. The first-order chi connectivity index (χ1) is 5.24. The molecule has 0 aliphatic rings. The summed E-state index contributed by atoms with van der Waals surface area (Å²) in [6.07, 6.45) is 10.1. The van der Waals surface area contributed by atoms with Crippen LogP contribution in [0.1, 0.15) is 20.3 Å². The second kappa shape index (κ2) is 5.61. The molecule has 1 N–H and O–H groups in total. The highest BCUT2D eigenvalue weighted by molar-refractivity contribution is 5.28. The van der Waals surface area contributed by atoms with Gasteiger partial charge >= 0.3 is 0 Å². The fourth-order valence-electron chi connectivity index (χ4n) is 0.652. The predicted octanol–water partition coefficient (Wildman–Crippen LogP) is 2.08. The van der Waals surface area contributed by atoms with E-state index in [9.17, 15) is 0 Å². The third-order valence-electron chi connectivity index (χ3n) is 1.46. The van der Waals surface area contributed by atoms with Crippen LogP contribution in [0.3, 0.4) is 0 Å². The maximum Gasteiger partial charge on any atom is 0.0102 e. The highest BCUT2D eigenvalue weighted by Crippen LogP contribution is 1.97. The van der Waals surface area contributed by atoms with Crippen LogP contribution in [-0.2, 0) is 0 Å². The molecule has 0 atom stereocenters. The lowest BCUT2D eigenvalue weighted by Crippen LogP contribution is -2.03. The Labute approximate surface area is 69.2 Å². The van der Waals surface area contributed by atoms with E-state index in [2.05, 4.69) is 18.2 Å². The zero-order chi connectivity index (χ0) is 8.69. The van der Waals surface area contributed by atoms with Gasteiger partial charge in [-0.2, -0.15) is 0 Å². The van der Waals surface area contributed by atoms with Crippen LogP contribution in [0.5, 0.6) is 0 Å². The molecule has 1 nitrogen and oxygen atoms in total. The largest absolute Gasteiger partial charge is 0.391 e. The third-order valence-corrected chi connectivity index (χ3v) is 1.46. The van der Waals surface area contributed by atoms with Gasteiger partial charge in [-0.3, -0.25) is 0 Å². The lowest BCUT2D eigenvalue weighted by molar-refractivity contribution is 0.901. The van der Waals surface area contributed by atoms with E-state index < -0.39 is 0 Å². The summed E-state index contributed by atoms with van der Waals surface area (Å²) in [5, 5.41) is 3.08. The van der Waals surface area contributed by atoms with Gasteiger partial charge in [0.2, 0.25) is 0 Å². The summed E-state index contributed by atoms with van der Waals surface area (Å²) in [5.74, 6) is 2.56. The van der Waals surface area contributed by atoms with E-state index in [0.717, 1.165) is 12.0 Å². The van der Waals surface area contributed by atoms with Gasteiger partial charge in [0, 0.05) is 12.7 Å². The van der Waals surface area contributed by atoms with Gasteiger partial charge in [0.25, 0.3) is 0 Å². The van der Waals surface area contributed by atoms with Gasteiger partial charge in [-0.15, -0.1) is 6.42 Å². The Morgan fingerprint density at radius 1 is 1.55 bits per heavy atom. The Morgan fingerprint density at radius 3 is 2.55 bits per heavy atom. The molecule has 1 heteroatoms. The van der Waals surface area contributed by atoms with Gasteiger partial charge in [-0.25, -0.2) is 0 Å². The fraction of sp³-hybridized carbons (Fsp3) is 0.400. The van der Waals surface area contributed by atoms with Gasteiger partial charge in [0.15, 0.2) is 0 Å². The van der Waals surface area contributed by atoms with Crippen LogP contribution in [-0.4, -0.2) is 7.05 Å². The minimum Gasteiger partial charge on any atom is -0.391 e. The lowest BCUT2D eigenvalue weighted by Gasteiger charge is -1.99. The van der Waals surface area contributed by atoms with E-state index >= 15 is 0 Å². The highest BCUT2D eigenvalue weighted by Gasteiger charge is 1.84. The zero-order valence-corrected chi connectivity index (χ0v) is 7.44. The Kier molecular flexibility index (Phi) is 5.02. The molecule has 0 rings (SSSR count). The van der Waals surface area contributed by atoms with Crippen LogP contribution < -0.4 is 5.32 Å². The third kappa shape index (κ3) is 4.27. The van der Waals surface area contributed by atoms with Crippen molar-refractivity contribution in [2.45, 2.75) is 20.3 Å². The van der Waals surface area contributed by atoms with Crippen molar-refractivity contribution in [3.8, 4) is 12.3 Å². The summed E-state index contributed by atoms with van der Waals surface area (Å²) in [5.41, 5.74) is 2.14. The molecule has 60 valence electrons. The predicted molar refractivity (Wildman–Crippen MR) is 50.0 cm³/mol. The normalized spacial score (nSPS) is 12.5. The minimum atomic E-state index is 0.950. The number of hydrogen-bond donors (Lipinski definition) is 1. The van der Waals surface area contributed by atoms with E-state index in [-0.39, 0.29) is 0 Å². The summed E-state index contributed by atoms with van der Waals surface area (Å²) in [6, 6.07) is 0. The summed E-state index contributed by atoms with van der Waals surface area (Å²) in [4.78, 5) is 0. The van der Waals surface area contributed by atoms with Crippen molar-refractivity contribution in [1.82, 2.24) is 5.32 Å². The molecule has 0 aliphatic carbocycles. The van der Waals surface area contributed by atoms with Crippen LogP contribution in [0.2, 0.25) is 0 Å². The van der Waals surface area contributed by atoms with Crippen LogP contribution in [0, 0.1) is 12.3 Å². The molecule has 0 aromatic rings. The second-order valence-corrected chi connectivity index (χ2v) is 2.29. The fourth-order valence-corrected chi connectivity index (χ4v) is 0.652. The minimum absolute atomic E-state index is 0.950. The number of rotatable bonds is 3. The topological polar surface area (TPSA) is 12.0 Å². The lowest BCUT2D eigenvalue weighted by atomic mass is 10.2. The van der Waals surface area contributed by atoms with Crippen molar-refractivity contribution < 1.29 is 0 Å². The van der Waals surface area contributed by atoms with Gasteiger partial charge < -0.3 is 5.32 Å². The first-order valence-electron chi connectivity index (χ1n) is 3.76. The quantitative estimate of drug-likeness (QED) is 0.478. The summed E-state index contributed by atoms with van der Waals surface area (Å²) >= 11 is 0. The van der Waals surface area contributed by atoms with E-state index in [1.807, 2.05) is 26.1 Å². The molecule has 0 heterocycles. The number of terminal acetylenes is 1.